The van der Waals surface area contributed by atoms with E-state index in [1.807, 2.05) is 31.2 Å². The van der Waals surface area contributed by atoms with Gasteiger partial charge >= 0.3 is 0 Å². The summed E-state index contributed by atoms with van der Waals surface area (Å²) < 4.78 is 0. The Kier molecular flexibility index (Phi) is 4.39. The Labute approximate surface area is 112 Å². The van der Waals surface area contributed by atoms with Gasteiger partial charge in [0.05, 0.1) is 11.0 Å². The molecule has 0 bridgehead atoms. The van der Waals surface area contributed by atoms with Gasteiger partial charge in [-0.3, -0.25) is 4.79 Å². The van der Waals surface area contributed by atoms with Crippen molar-refractivity contribution in [1.29, 1.82) is 0 Å². The molecule has 3 N–H and O–H groups in total. The van der Waals surface area contributed by atoms with Crippen molar-refractivity contribution in [2.75, 3.05) is 11.9 Å². The van der Waals surface area contributed by atoms with Gasteiger partial charge in [0.2, 0.25) is 11.9 Å². The minimum atomic E-state index is 0.0676. The van der Waals surface area contributed by atoms with Gasteiger partial charge in [-0.1, -0.05) is 19.1 Å². The van der Waals surface area contributed by atoms with E-state index < -0.39 is 0 Å². The number of anilines is 1. The lowest BCUT2D eigenvalue weighted by molar-refractivity contribution is -0.121. The maximum atomic E-state index is 11.6. The highest BCUT2D eigenvalue weighted by molar-refractivity contribution is 5.78. The number of rotatable bonds is 6. The van der Waals surface area contributed by atoms with Crippen molar-refractivity contribution in [3.63, 3.8) is 0 Å². The molecule has 5 nitrogen and oxygen atoms in total. The summed E-state index contributed by atoms with van der Waals surface area (Å²) in [5.41, 5.74) is 1.92. The fourth-order valence-electron chi connectivity index (χ4n) is 1.78. The third-order valence-corrected chi connectivity index (χ3v) is 3.05. The van der Waals surface area contributed by atoms with Crippen LogP contribution in [0.15, 0.2) is 24.3 Å². The number of hydrogen-bond donors (Lipinski definition) is 3. The van der Waals surface area contributed by atoms with Crippen LogP contribution in [0.5, 0.6) is 0 Å². The van der Waals surface area contributed by atoms with Crippen molar-refractivity contribution < 1.29 is 4.79 Å². The first-order chi connectivity index (χ1) is 9.19. The maximum Gasteiger partial charge on any atom is 0.221 e. The normalized spacial score (nSPS) is 12.3. The molecule has 0 aliphatic rings. The number of fused-ring (bicyclic) bond motifs is 1. The van der Waals surface area contributed by atoms with E-state index in [1.54, 1.807) is 0 Å². The molecule has 1 unspecified atom stereocenters. The molecule has 1 atom stereocenters. The van der Waals surface area contributed by atoms with Crippen LogP contribution < -0.4 is 10.6 Å². The van der Waals surface area contributed by atoms with Crippen molar-refractivity contribution in [3.8, 4) is 0 Å². The van der Waals surface area contributed by atoms with Gasteiger partial charge in [0.15, 0.2) is 0 Å². The highest BCUT2D eigenvalue weighted by Gasteiger charge is 2.06. The van der Waals surface area contributed by atoms with Crippen LogP contribution in [0.1, 0.15) is 26.7 Å². The molecule has 0 spiro atoms. The number of carbonyl (C=O) groups is 1. The van der Waals surface area contributed by atoms with E-state index in [0.29, 0.717) is 18.9 Å². The van der Waals surface area contributed by atoms with Crippen LogP contribution in [0, 0.1) is 0 Å². The van der Waals surface area contributed by atoms with Crippen LogP contribution in [0.2, 0.25) is 0 Å². The van der Waals surface area contributed by atoms with Gasteiger partial charge in [0, 0.05) is 19.0 Å². The van der Waals surface area contributed by atoms with Crippen LogP contribution in [-0.2, 0) is 4.79 Å². The molecule has 2 rings (SSSR count). The zero-order valence-corrected chi connectivity index (χ0v) is 11.4. The van der Waals surface area contributed by atoms with Crippen molar-refractivity contribution in [1.82, 2.24) is 15.3 Å². The first-order valence-corrected chi connectivity index (χ1v) is 6.67. The summed E-state index contributed by atoms with van der Waals surface area (Å²) in [5.74, 6) is 0.774. The second-order valence-electron chi connectivity index (χ2n) is 4.66. The number of imidazole rings is 1. The zero-order valence-electron chi connectivity index (χ0n) is 11.4. The lowest BCUT2D eigenvalue weighted by Gasteiger charge is -2.11. The number of carbonyl (C=O) groups excluding carboxylic acids is 1. The lowest BCUT2D eigenvalue weighted by atomic mass is 10.2. The Morgan fingerprint density at radius 2 is 2.21 bits per heavy atom. The number of hydrogen-bond acceptors (Lipinski definition) is 3. The van der Waals surface area contributed by atoms with Gasteiger partial charge in [-0.05, 0) is 25.5 Å². The summed E-state index contributed by atoms with van der Waals surface area (Å²) in [6, 6.07) is 8.07. The molecule has 102 valence electrons. The first-order valence-electron chi connectivity index (χ1n) is 6.67. The maximum absolute atomic E-state index is 11.6. The average molecular weight is 260 g/mol. The number of benzene rings is 1. The molecule has 0 aliphatic heterocycles. The summed E-state index contributed by atoms with van der Waals surface area (Å²) in [6.45, 7) is 4.63. The van der Waals surface area contributed by atoms with E-state index in [2.05, 4.69) is 27.5 Å². The van der Waals surface area contributed by atoms with E-state index in [-0.39, 0.29) is 11.9 Å². The van der Waals surface area contributed by atoms with Crippen LogP contribution in [-0.4, -0.2) is 28.5 Å². The smallest absolute Gasteiger partial charge is 0.221 e. The summed E-state index contributed by atoms with van der Waals surface area (Å²) >= 11 is 0. The Morgan fingerprint density at radius 3 is 2.95 bits per heavy atom. The Bertz CT molecular complexity index is 516. The molecule has 1 aromatic heterocycles. The summed E-state index contributed by atoms with van der Waals surface area (Å²) in [6.07, 6.45) is 1.39. The summed E-state index contributed by atoms with van der Waals surface area (Å²) in [4.78, 5) is 19.1. The topological polar surface area (TPSA) is 69.8 Å². The van der Waals surface area contributed by atoms with Crippen LogP contribution in [0.3, 0.4) is 0 Å². The molecule has 1 heterocycles. The van der Waals surface area contributed by atoms with E-state index in [9.17, 15) is 4.79 Å². The SMILES string of the molecule is CCC(C)NC(=O)CCNc1nc2ccccc2[nH]1. The fraction of sp³-hybridized carbons (Fsp3) is 0.429. The minimum Gasteiger partial charge on any atom is -0.355 e. The van der Waals surface area contributed by atoms with Crippen molar-refractivity contribution >= 4 is 22.9 Å². The second kappa shape index (κ2) is 6.22. The van der Waals surface area contributed by atoms with Gasteiger partial charge in [-0.25, -0.2) is 4.98 Å². The molecule has 5 heteroatoms. The zero-order chi connectivity index (χ0) is 13.7. The Morgan fingerprint density at radius 1 is 1.42 bits per heavy atom. The molecular weight excluding hydrogens is 240 g/mol. The molecule has 0 saturated carbocycles. The van der Waals surface area contributed by atoms with E-state index in [0.717, 1.165) is 17.5 Å². The van der Waals surface area contributed by atoms with E-state index >= 15 is 0 Å². The number of nitrogens with one attached hydrogen (secondary N) is 3. The molecule has 19 heavy (non-hydrogen) atoms. The number of nitrogens with zero attached hydrogens (tertiary/aromatic N) is 1. The third-order valence-electron chi connectivity index (χ3n) is 3.05. The molecule has 0 saturated heterocycles. The van der Waals surface area contributed by atoms with Crippen LogP contribution in [0.25, 0.3) is 11.0 Å². The second-order valence-corrected chi connectivity index (χ2v) is 4.66. The summed E-state index contributed by atoms with van der Waals surface area (Å²) in [7, 11) is 0. The molecule has 0 fully saturated rings. The Balaban J connectivity index is 1.81. The van der Waals surface area contributed by atoms with E-state index in [4.69, 9.17) is 0 Å². The molecular formula is C14H20N4O. The van der Waals surface area contributed by atoms with Gasteiger partial charge in [-0.15, -0.1) is 0 Å². The first kappa shape index (κ1) is 13.4. The fourth-order valence-corrected chi connectivity index (χ4v) is 1.78. The van der Waals surface area contributed by atoms with Gasteiger partial charge in [0.25, 0.3) is 0 Å². The third kappa shape index (κ3) is 3.71. The molecule has 0 radical (unpaired) electrons. The quantitative estimate of drug-likeness (QED) is 0.746. The number of para-hydroxylation sites is 2. The summed E-state index contributed by atoms with van der Waals surface area (Å²) in [5, 5.41) is 6.06. The van der Waals surface area contributed by atoms with Crippen LogP contribution in [0.4, 0.5) is 5.95 Å². The highest BCUT2D eigenvalue weighted by Crippen LogP contribution is 2.12. The predicted molar refractivity (Wildman–Crippen MR) is 77.1 cm³/mol. The lowest BCUT2D eigenvalue weighted by Crippen LogP contribution is -2.33. The van der Waals surface area contributed by atoms with Crippen molar-refractivity contribution in [3.05, 3.63) is 24.3 Å². The predicted octanol–water partition coefficient (Wildman–Crippen LogP) is 2.28. The average Bonchev–Trinajstić information content (AvgIpc) is 2.81. The van der Waals surface area contributed by atoms with Gasteiger partial charge in [-0.2, -0.15) is 0 Å². The van der Waals surface area contributed by atoms with Crippen LogP contribution >= 0.6 is 0 Å². The Hall–Kier alpha value is -2.04. The van der Waals surface area contributed by atoms with Gasteiger partial charge < -0.3 is 15.6 Å². The monoisotopic (exact) mass is 260 g/mol. The molecule has 0 aliphatic carbocycles. The largest absolute Gasteiger partial charge is 0.355 e. The number of aromatic amines is 1. The number of amides is 1. The van der Waals surface area contributed by atoms with Crippen molar-refractivity contribution in [2.45, 2.75) is 32.7 Å². The minimum absolute atomic E-state index is 0.0676. The van der Waals surface area contributed by atoms with E-state index in [1.165, 1.54) is 0 Å². The highest BCUT2D eigenvalue weighted by atomic mass is 16.1. The number of H-pyrrole nitrogens is 1. The van der Waals surface area contributed by atoms with Crippen molar-refractivity contribution in [2.24, 2.45) is 0 Å². The molecule has 1 amide bonds. The molecule has 1 aromatic carbocycles. The van der Waals surface area contributed by atoms with Gasteiger partial charge in [0.1, 0.15) is 0 Å². The number of aromatic nitrogens is 2. The standard InChI is InChI=1S/C14H20N4O/c1-3-10(2)16-13(19)8-9-15-14-17-11-6-4-5-7-12(11)18-14/h4-7,10H,3,8-9H2,1-2H3,(H,16,19)(H2,15,17,18). The molecule has 2 aromatic rings.